The highest BCUT2D eigenvalue weighted by atomic mass is 15.3. The van der Waals surface area contributed by atoms with Crippen molar-refractivity contribution < 1.29 is 0 Å². The lowest BCUT2D eigenvalue weighted by Crippen LogP contribution is -2.47. The highest BCUT2D eigenvalue weighted by Crippen LogP contribution is 2.12. The van der Waals surface area contributed by atoms with Crippen LogP contribution in [0.4, 0.5) is 5.82 Å². The normalized spacial score (nSPS) is 16.2. The zero-order valence-electron chi connectivity index (χ0n) is 14.7. The molecular weight excluding hydrogens is 298 g/mol. The van der Waals surface area contributed by atoms with Crippen LogP contribution < -0.4 is 5.32 Å². The van der Waals surface area contributed by atoms with Gasteiger partial charge in [-0.25, -0.2) is 9.97 Å². The number of rotatable bonds is 6. The lowest BCUT2D eigenvalue weighted by Gasteiger charge is -2.34. The Bertz CT molecular complexity index is 635. The smallest absolute Gasteiger partial charge is 0.132 e. The van der Waals surface area contributed by atoms with E-state index in [4.69, 9.17) is 0 Å². The molecule has 5 heteroatoms. The van der Waals surface area contributed by atoms with Crippen LogP contribution in [0.15, 0.2) is 36.7 Å². The van der Waals surface area contributed by atoms with Crippen LogP contribution in [0.2, 0.25) is 0 Å². The van der Waals surface area contributed by atoms with Crippen molar-refractivity contribution in [3.8, 4) is 0 Å². The minimum Gasteiger partial charge on any atom is -0.368 e. The second-order valence-corrected chi connectivity index (χ2v) is 6.46. The number of nitrogens with zero attached hydrogens (tertiary/aromatic N) is 4. The molecule has 3 rings (SSSR count). The van der Waals surface area contributed by atoms with Crippen LogP contribution >= 0.6 is 0 Å². The first-order chi connectivity index (χ1) is 11.7. The molecule has 1 fully saturated rings. The number of anilines is 1. The third-order valence-corrected chi connectivity index (χ3v) is 4.77. The van der Waals surface area contributed by atoms with Gasteiger partial charge in [0.2, 0.25) is 0 Å². The molecule has 0 amide bonds. The summed E-state index contributed by atoms with van der Waals surface area (Å²) in [4.78, 5) is 13.6. The average Bonchev–Trinajstić information content (AvgIpc) is 2.61. The molecule has 5 nitrogen and oxygen atoms in total. The van der Waals surface area contributed by atoms with E-state index in [-0.39, 0.29) is 0 Å². The van der Waals surface area contributed by atoms with Gasteiger partial charge < -0.3 is 5.32 Å². The second-order valence-electron chi connectivity index (χ2n) is 6.46. The standard InChI is InChI=1S/C19H27N5/c1-16-17(2)21-15-22-19(16)20-8-9-23-10-12-24(13-11-23)14-18-6-4-3-5-7-18/h3-7,15H,8-14H2,1-2H3,(H,20,21,22). The predicted molar refractivity (Wildman–Crippen MR) is 98.2 cm³/mol. The Balaban J connectivity index is 1.39. The van der Waals surface area contributed by atoms with Crippen LogP contribution in [-0.2, 0) is 6.54 Å². The van der Waals surface area contributed by atoms with Gasteiger partial charge in [-0.1, -0.05) is 30.3 Å². The molecular formula is C19H27N5. The van der Waals surface area contributed by atoms with Crippen molar-refractivity contribution in [1.82, 2.24) is 19.8 Å². The minimum absolute atomic E-state index is 0.927. The highest BCUT2D eigenvalue weighted by molar-refractivity contribution is 5.44. The van der Waals surface area contributed by atoms with E-state index in [1.54, 1.807) is 6.33 Å². The zero-order chi connectivity index (χ0) is 16.8. The summed E-state index contributed by atoms with van der Waals surface area (Å²) in [6.45, 7) is 11.7. The molecule has 0 bridgehead atoms. The van der Waals surface area contributed by atoms with Crippen LogP contribution in [0.25, 0.3) is 0 Å². The number of aromatic nitrogens is 2. The quantitative estimate of drug-likeness (QED) is 0.883. The summed E-state index contributed by atoms with van der Waals surface area (Å²) in [7, 11) is 0. The van der Waals surface area contributed by atoms with Crippen LogP contribution in [0.1, 0.15) is 16.8 Å². The van der Waals surface area contributed by atoms with Gasteiger partial charge in [0, 0.05) is 57.1 Å². The molecule has 0 saturated carbocycles. The summed E-state index contributed by atoms with van der Waals surface area (Å²) in [6, 6.07) is 10.7. The van der Waals surface area contributed by atoms with Crippen molar-refractivity contribution in [3.05, 3.63) is 53.5 Å². The van der Waals surface area contributed by atoms with Crippen molar-refractivity contribution in [2.45, 2.75) is 20.4 Å². The lowest BCUT2D eigenvalue weighted by molar-refractivity contribution is 0.130. The summed E-state index contributed by atoms with van der Waals surface area (Å²) in [5.41, 5.74) is 3.59. The van der Waals surface area contributed by atoms with E-state index in [0.29, 0.717) is 0 Å². The molecule has 24 heavy (non-hydrogen) atoms. The van der Waals surface area contributed by atoms with Gasteiger partial charge in [0.05, 0.1) is 0 Å². The van der Waals surface area contributed by atoms with Gasteiger partial charge in [-0.15, -0.1) is 0 Å². The molecule has 1 aliphatic rings. The van der Waals surface area contributed by atoms with Crippen molar-refractivity contribution in [2.24, 2.45) is 0 Å². The van der Waals surface area contributed by atoms with Crippen molar-refractivity contribution in [1.29, 1.82) is 0 Å². The van der Waals surface area contributed by atoms with E-state index in [9.17, 15) is 0 Å². The van der Waals surface area contributed by atoms with E-state index in [1.165, 1.54) is 5.56 Å². The molecule has 1 aromatic heterocycles. The Kier molecular flexibility index (Phi) is 5.77. The first-order valence-corrected chi connectivity index (χ1v) is 8.73. The molecule has 1 N–H and O–H groups in total. The highest BCUT2D eigenvalue weighted by Gasteiger charge is 2.16. The average molecular weight is 325 g/mol. The Morgan fingerprint density at radius 3 is 2.42 bits per heavy atom. The fourth-order valence-electron chi connectivity index (χ4n) is 3.06. The Morgan fingerprint density at radius 1 is 0.958 bits per heavy atom. The summed E-state index contributed by atoms with van der Waals surface area (Å²) in [5.74, 6) is 0.963. The number of nitrogens with one attached hydrogen (secondary N) is 1. The monoisotopic (exact) mass is 325 g/mol. The maximum atomic E-state index is 4.33. The Morgan fingerprint density at radius 2 is 1.67 bits per heavy atom. The molecule has 0 unspecified atom stereocenters. The lowest BCUT2D eigenvalue weighted by atomic mass is 10.2. The van der Waals surface area contributed by atoms with E-state index in [0.717, 1.165) is 62.9 Å². The van der Waals surface area contributed by atoms with Gasteiger partial charge in [-0.05, 0) is 19.4 Å². The third-order valence-electron chi connectivity index (χ3n) is 4.77. The second kappa shape index (κ2) is 8.22. The molecule has 0 spiro atoms. The molecule has 1 aromatic carbocycles. The fraction of sp³-hybridized carbons (Fsp3) is 0.474. The number of hydrogen-bond acceptors (Lipinski definition) is 5. The number of piperazine rings is 1. The van der Waals surface area contributed by atoms with Crippen molar-refractivity contribution in [3.63, 3.8) is 0 Å². The van der Waals surface area contributed by atoms with Crippen molar-refractivity contribution >= 4 is 5.82 Å². The maximum absolute atomic E-state index is 4.33. The van der Waals surface area contributed by atoms with Gasteiger partial charge in [0.1, 0.15) is 12.1 Å². The molecule has 2 aromatic rings. The molecule has 0 aliphatic carbocycles. The summed E-state index contributed by atoms with van der Waals surface area (Å²) in [6.07, 6.45) is 1.63. The minimum atomic E-state index is 0.927. The van der Waals surface area contributed by atoms with Crippen LogP contribution in [0, 0.1) is 13.8 Å². The molecule has 2 heterocycles. The van der Waals surface area contributed by atoms with E-state index >= 15 is 0 Å². The summed E-state index contributed by atoms with van der Waals surface area (Å²) in [5, 5.41) is 3.45. The van der Waals surface area contributed by atoms with Crippen LogP contribution in [-0.4, -0.2) is 59.0 Å². The van der Waals surface area contributed by atoms with Crippen LogP contribution in [0.3, 0.4) is 0 Å². The Hall–Kier alpha value is -1.98. The maximum Gasteiger partial charge on any atom is 0.132 e. The number of aryl methyl sites for hydroxylation is 1. The van der Waals surface area contributed by atoms with Gasteiger partial charge in [0.15, 0.2) is 0 Å². The summed E-state index contributed by atoms with van der Waals surface area (Å²) >= 11 is 0. The molecule has 1 aliphatic heterocycles. The van der Waals surface area contributed by atoms with E-state index in [2.05, 4.69) is 62.3 Å². The summed E-state index contributed by atoms with van der Waals surface area (Å²) < 4.78 is 0. The van der Waals surface area contributed by atoms with Gasteiger partial charge >= 0.3 is 0 Å². The molecule has 0 atom stereocenters. The zero-order valence-corrected chi connectivity index (χ0v) is 14.7. The van der Waals surface area contributed by atoms with Gasteiger partial charge in [0.25, 0.3) is 0 Å². The first-order valence-electron chi connectivity index (χ1n) is 8.73. The molecule has 128 valence electrons. The van der Waals surface area contributed by atoms with E-state index < -0.39 is 0 Å². The van der Waals surface area contributed by atoms with Gasteiger partial charge in [-0.2, -0.15) is 0 Å². The SMILES string of the molecule is Cc1ncnc(NCCN2CCN(Cc3ccccc3)CC2)c1C. The van der Waals surface area contributed by atoms with Gasteiger partial charge in [-0.3, -0.25) is 9.80 Å². The third kappa shape index (κ3) is 4.52. The number of benzene rings is 1. The fourth-order valence-corrected chi connectivity index (χ4v) is 3.06. The number of hydrogen-bond donors (Lipinski definition) is 1. The van der Waals surface area contributed by atoms with Crippen LogP contribution in [0.5, 0.6) is 0 Å². The molecule has 0 radical (unpaired) electrons. The largest absolute Gasteiger partial charge is 0.368 e. The Labute approximate surface area is 144 Å². The van der Waals surface area contributed by atoms with Crippen molar-refractivity contribution in [2.75, 3.05) is 44.6 Å². The predicted octanol–water partition coefficient (Wildman–Crippen LogP) is 2.32. The van der Waals surface area contributed by atoms with E-state index in [1.807, 2.05) is 6.92 Å². The topological polar surface area (TPSA) is 44.3 Å². The first kappa shape index (κ1) is 16.9. The molecule has 1 saturated heterocycles.